The number of rotatable bonds is 3. The van der Waals surface area contributed by atoms with Crippen LogP contribution in [0.1, 0.15) is 11.1 Å². The Balaban J connectivity index is 2.09. The third-order valence-electron chi connectivity index (χ3n) is 3.98. The minimum absolute atomic E-state index is 0.0173. The molecule has 9 nitrogen and oxygen atoms in total. The number of non-ortho nitro benzene ring substituents is 1. The number of benzene rings is 2. The van der Waals surface area contributed by atoms with Crippen LogP contribution in [0, 0.1) is 17.0 Å². The highest BCUT2D eigenvalue weighted by atomic mass is 79.9. The first-order valence-electron chi connectivity index (χ1n) is 7.84. The molecule has 0 aromatic heterocycles. The molecule has 10 heteroatoms. The summed E-state index contributed by atoms with van der Waals surface area (Å²) in [6.45, 7) is 1.83. The van der Waals surface area contributed by atoms with E-state index in [1.165, 1.54) is 0 Å². The number of aromatic hydroxyl groups is 1. The van der Waals surface area contributed by atoms with Gasteiger partial charge in [-0.25, -0.2) is 9.69 Å². The zero-order valence-electron chi connectivity index (χ0n) is 14.3. The Morgan fingerprint density at radius 1 is 1.18 bits per heavy atom. The van der Waals surface area contributed by atoms with E-state index >= 15 is 0 Å². The summed E-state index contributed by atoms with van der Waals surface area (Å²) >= 11 is 2.99. The molecule has 1 fully saturated rings. The van der Waals surface area contributed by atoms with Crippen molar-refractivity contribution in [2.45, 2.75) is 6.92 Å². The predicted octanol–water partition coefficient (Wildman–Crippen LogP) is 3.04. The van der Waals surface area contributed by atoms with Gasteiger partial charge < -0.3 is 5.11 Å². The van der Waals surface area contributed by atoms with Crippen LogP contribution in [-0.4, -0.2) is 27.9 Å². The number of aryl methyl sites for hydroxylation is 1. The Kier molecular flexibility index (Phi) is 4.97. The number of carbonyl (C=O) groups is 3. The van der Waals surface area contributed by atoms with Gasteiger partial charge in [0.1, 0.15) is 11.3 Å². The molecule has 1 heterocycles. The van der Waals surface area contributed by atoms with E-state index in [2.05, 4.69) is 15.9 Å². The van der Waals surface area contributed by atoms with E-state index < -0.39 is 34.1 Å². The van der Waals surface area contributed by atoms with E-state index in [4.69, 9.17) is 0 Å². The second-order valence-corrected chi connectivity index (χ2v) is 6.77. The van der Waals surface area contributed by atoms with Crippen LogP contribution in [0.4, 0.5) is 16.2 Å². The molecule has 0 atom stereocenters. The Morgan fingerprint density at radius 2 is 1.82 bits per heavy atom. The van der Waals surface area contributed by atoms with E-state index in [9.17, 15) is 29.6 Å². The number of urea groups is 1. The van der Waals surface area contributed by atoms with E-state index in [0.717, 1.165) is 28.7 Å². The number of phenols is 1. The summed E-state index contributed by atoms with van der Waals surface area (Å²) in [5.74, 6) is -2.28. The molecular formula is C18H12BrN3O6. The number of imide groups is 2. The first kappa shape index (κ1) is 19.2. The number of nitro benzene ring substituents is 1. The molecule has 0 saturated carbocycles. The van der Waals surface area contributed by atoms with Gasteiger partial charge in [-0.15, -0.1) is 0 Å². The number of hydrogen-bond acceptors (Lipinski definition) is 6. The van der Waals surface area contributed by atoms with Crippen molar-refractivity contribution in [1.82, 2.24) is 5.32 Å². The number of halogens is 1. The fourth-order valence-corrected chi connectivity index (χ4v) is 3.03. The van der Waals surface area contributed by atoms with Gasteiger partial charge in [-0.2, -0.15) is 0 Å². The van der Waals surface area contributed by atoms with Crippen molar-refractivity contribution in [3.05, 3.63) is 67.7 Å². The normalized spacial score (nSPS) is 15.7. The minimum atomic E-state index is -0.972. The summed E-state index contributed by atoms with van der Waals surface area (Å²) in [5.41, 5.74) is 0.218. The molecule has 2 N–H and O–H groups in total. The van der Waals surface area contributed by atoms with Gasteiger partial charge in [0.25, 0.3) is 17.5 Å². The maximum absolute atomic E-state index is 12.8. The van der Waals surface area contributed by atoms with Crippen molar-refractivity contribution in [1.29, 1.82) is 0 Å². The number of carbonyl (C=O) groups excluding carboxylic acids is 3. The minimum Gasteiger partial charge on any atom is -0.506 e. The molecule has 142 valence electrons. The van der Waals surface area contributed by atoms with Crippen molar-refractivity contribution in [3.63, 3.8) is 0 Å². The van der Waals surface area contributed by atoms with E-state index in [1.807, 2.05) is 12.2 Å². The fourth-order valence-electron chi connectivity index (χ4n) is 2.56. The fraction of sp³-hybridized carbons (Fsp3) is 0.0556. The van der Waals surface area contributed by atoms with Gasteiger partial charge >= 0.3 is 6.03 Å². The van der Waals surface area contributed by atoms with Crippen molar-refractivity contribution >= 4 is 51.2 Å². The zero-order chi connectivity index (χ0) is 20.6. The highest BCUT2D eigenvalue weighted by molar-refractivity contribution is 9.10. The van der Waals surface area contributed by atoms with Crippen molar-refractivity contribution in [3.8, 4) is 5.75 Å². The number of nitrogens with one attached hydrogen (secondary N) is 1. The molecule has 28 heavy (non-hydrogen) atoms. The first-order chi connectivity index (χ1) is 13.2. The van der Waals surface area contributed by atoms with Gasteiger partial charge in [0.2, 0.25) is 0 Å². The standard InChI is InChI=1S/C18H12BrN3O6/c1-9-2-4-11(5-3-9)21-17(25)13(16(24)20-18(21)26)7-10-6-12(22(27)28)8-14(19)15(10)23/h2-8,23H,1H3,(H,20,24,26)/b13-7+. The van der Waals surface area contributed by atoms with Gasteiger partial charge in [0.05, 0.1) is 15.1 Å². The van der Waals surface area contributed by atoms with Crippen LogP contribution in [-0.2, 0) is 9.59 Å². The summed E-state index contributed by atoms with van der Waals surface area (Å²) in [6, 6.07) is 7.66. The molecule has 0 radical (unpaired) electrons. The Morgan fingerprint density at radius 3 is 2.43 bits per heavy atom. The Hall–Kier alpha value is -3.53. The first-order valence-corrected chi connectivity index (χ1v) is 8.63. The lowest BCUT2D eigenvalue weighted by Gasteiger charge is -2.26. The SMILES string of the molecule is Cc1ccc(N2C(=O)NC(=O)/C(=C\c3cc([N+](=O)[O-])cc(Br)c3O)C2=O)cc1. The zero-order valence-corrected chi connectivity index (χ0v) is 15.9. The average molecular weight is 446 g/mol. The smallest absolute Gasteiger partial charge is 0.335 e. The summed E-state index contributed by atoms with van der Waals surface area (Å²) in [7, 11) is 0. The van der Waals surface area contributed by atoms with Crippen LogP contribution in [0.15, 0.2) is 46.4 Å². The van der Waals surface area contributed by atoms with Crippen LogP contribution in [0.2, 0.25) is 0 Å². The Bertz CT molecular complexity index is 1060. The lowest BCUT2D eigenvalue weighted by Crippen LogP contribution is -2.54. The molecule has 0 unspecified atom stereocenters. The number of nitrogens with zero attached hydrogens (tertiary/aromatic N) is 2. The monoisotopic (exact) mass is 445 g/mol. The van der Waals surface area contributed by atoms with Gasteiger partial charge in [-0.3, -0.25) is 25.0 Å². The van der Waals surface area contributed by atoms with Crippen LogP contribution >= 0.6 is 15.9 Å². The molecule has 1 aliphatic rings. The van der Waals surface area contributed by atoms with Crippen LogP contribution in [0.3, 0.4) is 0 Å². The average Bonchev–Trinajstić information content (AvgIpc) is 2.63. The summed E-state index contributed by atoms with van der Waals surface area (Å²) in [6.07, 6.45) is 0.998. The Labute approximate surface area is 166 Å². The molecule has 1 saturated heterocycles. The van der Waals surface area contributed by atoms with Crippen LogP contribution in [0.25, 0.3) is 6.08 Å². The van der Waals surface area contributed by atoms with Gasteiger partial charge in [0.15, 0.2) is 0 Å². The molecule has 0 aliphatic carbocycles. The maximum atomic E-state index is 12.8. The molecule has 4 amide bonds. The quantitative estimate of drug-likeness (QED) is 0.323. The number of barbiturate groups is 1. The summed E-state index contributed by atoms with van der Waals surface area (Å²) < 4.78 is 0.0173. The second kappa shape index (κ2) is 7.24. The molecule has 0 bridgehead atoms. The second-order valence-electron chi connectivity index (χ2n) is 5.92. The molecule has 1 aliphatic heterocycles. The lowest BCUT2D eigenvalue weighted by atomic mass is 10.1. The molecule has 3 rings (SSSR count). The van der Waals surface area contributed by atoms with Gasteiger partial charge in [-0.05, 0) is 41.1 Å². The van der Waals surface area contributed by atoms with Gasteiger partial charge in [-0.1, -0.05) is 17.7 Å². The van der Waals surface area contributed by atoms with E-state index in [0.29, 0.717) is 0 Å². The number of anilines is 1. The highest BCUT2D eigenvalue weighted by Crippen LogP contribution is 2.34. The predicted molar refractivity (Wildman–Crippen MR) is 103 cm³/mol. The number of amides is 4. The summed E-state index contributed by atoms with van der Waals surface area (Å²) in [5, 5.41) is 23.2. The third kappa shape index (κ3) is 3.49. The van der Waals surface area contributed by atoms with Crippen LogP contribution < -0.4 is 10.2 Å². The highest BCUT2D eigenvalue weighted by Gasteiger charge is 2.37. The summed E-state index contributed by atoms with van der Waals surface area (Å²) in [4.78, 5) is 48.3. The molecule has 2 aromatic carbocycles. The topological polar surface area (TPSA) is 130 Å². The number of nitro groups is 1. The van der Waals surface area contributed by atoms with Gasteiger partial charge in [0, 0.05) is 17.7 Å². The molecule has 2 aromatic rings. The number of phenolic OH excluding ortho intramolecular Hbond substituents is 1. The largest absolute Gasteiger partial charge is 0.506 e. The van der Waals surface area contributed by atoms with E-state index in [1.54, 1.807) is 24.3 Å². The number of hydrogen-bond donors (Lipinski definition) is 2. The lowest BCUT2D eigenvalue weighted by molar-refractivity contribution is -0.385. The van der Waals surface area contributed by atoms with E-state index in [-0.39, 0.29) is 21.4 Å². The molecule has 0 spiro atoms. The third-order valence-corrected chi connectivity index (χ3v) is 4.59. The van der Waals surface area contributed by atoms with Crippen molar-refractivity contribution in [2.75, 3.05) is 4.90 Å². The molecular weight excluding hydrogens is 434 g/mol. The van der Waals surface area contributed by atoms with Crippen LogP contribution in [0.5, 0.6) is 5.75 Å². The maximum Gasteiger partial charge on any atom is 0.335 e. The van der Waals surface area contributed by atoms with Crippen molar-refractivity contribution in [2.24, 2.45) is 0 Å². The van der Waals surface area contributed by atoms with Crippen molar-refractivity contribution < 1.29 is 24.4 Å².